The summed E-state index contributed by atoms with van der Waals surface area (Å²) in [5.74, 6) is 0.0812. The molecule has 0 fully saturated rings. The lowest BCUT2D eigenvalue weighted by molar-refractivity contribution is 0.0470. The molecular weight excluding hydrogens is 468 g/mol. The van der Waals surface area contributed by atoms with E-state index in [1.807, 2.05) is 29.6 Å². The van der Waals surface area contributed by atoms with Gasteiger partial charge >= 0.3 is 5.97 Å². The summed E-state index contributed by atoms with van der Waals surface area (Å²) in [4.78, 5) is 17.2. The third kappa shape index (κ3) is 4.98. The monoisotopic (exact) mass is 486 g/mol. The van der Waals surface area contributed by atoms with E-state index in [0.29, 0.717) is 5.69 Å². The molecule has 164 valence electrons. The van der Waals surface area contributed by atoms with Crippen LogP contribution in [-0.4, -0.2) is 26.5 Å². The first-order valence-electron chi connectivity index (χ1n) is 9.37. The molecule has 4 aromatic rings. The Bertz CT molecular complexity index is 1330. The Morgan fingerprint density at radius 2 is 1.91 bits per heavy atom. The first-order valence-corrected chi connectivity index (χ1v) is 12.6. The molecule has 1 N–H and O–H groups in total. The van der Waals surface area contributed by atoms with Crippen LogP contribution in [0.15, 0.2) is 75.6 Å². The fraction of sp³-hybridized carbons (Fsp3) is 0.0909. The SMILES string of the molecule is COc1cccc(-c2nc(COC(=O)c3ccccc3NS(=O)(=O)c3cccs3)cs2)c1. The summed E-state index contributed by atoms with van der Waals surface area (Å²) in [6.45, 7) is -0.0364. The highest BCUT2D eigenvalue weighted by Gasteiger charge is 2.20. The summed E-state index contributed by atoms with van der Waals surface area (Å²) < 4.78 is 38.3. The quantitative estimate of drug-likeness (QED) is 0.351. The summed E-state index contributed by atoms with van der Waals surface area (Å²) in [5, 5.41) is 4.26. The van der Waals surface area contributed by atoms with Crippen LogP contribution in [-0.2, 0) is 21.4 Å². The smallest absolute Gasteiger partial charge is 0.340 e. The third-order valence-electron chi connectivity index (χ3n) is 4.37. The second-order valence-electron chi connectivity index (χ2n) is 6.54. The van der Waals surface area contributed by atoms with Crippen LogP contribution >= 0.6 is 22.7 Å². The molecule has 0 aliphatic carbocycles. The second-order valence-corrected chi connectivity index (χ2v) is 10.3. The molecule has 0 saturated heterocycles. The predicted octanol–water partition coefficient (Wildman–Crippen LogP) is 5.04. The highest BCUT2D eigenvalue weighted by Crippen LogP contribution is 2.28. The van der Waals surface area contributed by atoms with E-state index in [1.165, 1.54) is 29.5 Å². The van der Waals surface area contributed by atoms with Gasteiger partial charge in [-0.2, -0.15) is 0 Å². The van der Waals surface area contributed by atoms with E-state index in [0.717, 1.165) is 27.7 Å². The molecule has 7 nitrogen and oxygen atoms in total. The zero-order valence-electron chi connectivity index (χ0n) is 16.8. The van der Waals surface area contributed by atoms with E-state index in [2.05, 4.69) is 9.71 Å². The normalized spacial score (nSPS) is 11.2. The number of thiophene rings is 1. The minimum atomic E-state index is -3.79. The third-order valence-corrected chi connectivity index (χ3v) is 8.07. The van der Waals surface area contributed by atoms with Crippen molar-refractivity contribution in [3.05, 3.63) is 82.7 Å². The van der Waals surface area contributed by atoms with E-state index in [-0.39, 0.29) is 22.1 Å². The van der Waals surface area contributed by atoms with Crippen LogP contribution in [0.4, 0.5) is 5.69 Å². The zero-order valence-corrected chi connectivity index (χ0v) is 19.3. The van der Waals surface area contributed by atoms with Crippen molar-refractivity contribution in [2.45, 2.75) is 10.8 Å². The Balaban J connectivity index is 1.46. The molecule has 0 aliphatic heterocycles. The van der Waals surface area contributed by atoms with E-state index in [9.17, 15) is 13.2 Å². The minimum Gasteiger partial charge on any atom is -0.497 e. The molecule has 2 heterocycles. The first kappa shape index (κ1) is 22.0. The average Bonchev–Trinajstić information content (AvgIpc) is 3.50. The van der Waals surface area contributed by atoms with Gasteiger partial charge in [-0.3, -0.25) is 4.72 Å². The lowest BCUT2D eigenvalue weighted by Crippen LogP contribution is -2.15. The molecule has 10 heteroatoms. The van der Waals surface area contributed by atoms with Gasteiger partial charge in [-0.15, -0.1) is 22.7 Å². The van der Waals surface area contributed by atoms with Crippen LogP contribution in [0.5, 0.6) is 5.75 Å². The molecule has 2 aromatic carbocycles. The lowest BCUT2D eigenvalue weighted by Gasteiger charge is -2.11. The number of sulfonamides is 1. The fourth-order valence-electron chi connectivity index (χ4n) is 2.84. The molecule has 0 radical (unpaired) electrons. The number of ether oxygens (including phenoxy) is 2. The standard InChI is InChI=1S/C22H18N2O5S3/c1-28-17-7-4-6-15(12-17)21-23-16(14-31-21)13-29-22(25)18-8-2-3-9-19(18)24-32(26,27)20-10-5-11-30-20/h2-12,14,24H,13H2,1H3. The molecular formula is C22H18N2O5S3. The van der Waals surface area contributed by atoms with Crippen LogP contribution in [0.1, 0.15) is 16.1 Å². The van der Waals surface area contributed by atoms with Gasteiger partial charge in [0.2, 0.25) is 0 Å². The average molecular weight is 487 g/mol. The maximum atomic E-state index is 12.7. The number of aromatic nitrogens is 1. The highest BCUT2D eigenvalue weighted by molar-refractivity contribution is 7.94. The molecule has 0 spiro atoms. The molecule has 0 amide bonds. The van der Waals surface area contributed by atoms with E-state index >= 15 is 0 Å². The van der Waals surface area contributed by atoms with Gasteiger partial charge < -0.3 is 9.47 Å². The van der Waals surface area contributed by atoms with Crippen LogP contribution in [0.25, 0.3) is 10.6 Å². The van der Waals surface area contributed by atoms with Crippen molar-refractivity contribution >= 4 is 44.4 Å². The Hall–Kier alpha value is -3.21. The van der Waals surface area contributed by atoms with Gasteiger partial charge in [0.1, 0.15) is 21.6 Å². The van der Waals surface area contributed by atoms with Crippen LogP contribution in [0.2, 0.25) is 0 Å². The van der Waals surface area contributed by atoms with Gasteiger partial charge in [0.05, 0.1) is 24.1 Å². The molecule has 0 saturated carbocycles. The van der Waals surface area contributed by atoms with Crippen molar-refractivity contribution in [1.82, 2.24) is 4.98 Å². The number of esters is 1. The number of hydrogen-bond donors (Lipinski definition) is 1. The first-order chi connectivity index (χ1) is 15.5. The second kappa shape index (κ2) is 9.51. The maximum absolute atomic E-state index is 12.7. The van der Waals surface area contributed by atoms with Gasteiger partial charge in [0.25, 0.3) is 10.0 Å². The number of rotatable bonds is 8. The summed E-state index contributed by atoms with van der Waals surface area (Å²) in [6.07, 6.45) is 0. The topological polar surface area (TPSA) is 94.6 Å². The molecule has 0 bridgehead atoms. The summed E-state index contributed by atoms with van der Waals surface area (Å²) in [5.41, 5.74) is 1.77. The molecule has 0 aliphatic rings. The minimum absolute atomic E-state index is 0.0364. The van der Waals surface area contributed by atoms with E-state index in [4.69, 9.17) is 9.47 Å². The van der Waals surface area contributed by atoms with E-state index in [1.54, 1.807) is 30.7 Å². The molecule has 4 rings (SSSR count). The number of carbonyl (C=O) groups excluding carboxylic acids is 1. The number of benzene rings is 2. The van der Waals surface area contributed by atoms with Crippen molar-refractivity contribution in [3.63, 3.8) is 0 Å². The van der Waals surface area contributed by atoms with Crippen LogP contribution in [0, 0.1) is 0 Å². The number of nitrogens with zero attached hydrogens (tertiary/aromatic N) is 1. The predicted molar refractivity (Wildman–Crippen MR) is 125 cm³/mol. The van der Waals surface area contributed by atoms with Crippen molar-refractivity contribution in [1.29, 1.82) is 0 Å². The maximum Gasteiger partial charge on any atom is 0.340 e. The zero-order chi connectivity index (χ0) is 22.6. The highest BCUT2D eigenvalue weighted by atomic mass is 32.2. The molecule has 2 aromatic heterocycles. The molecule has 32 heavy (non-hydrogen) atoms. The summed E-state index contributed by atoms with van der Waals surface area (Å²) >= 11 is 2.52. The Labute approximate surface area is 193 Å². The van der Waals surface area contributed by atoms with Gasteiger partial charge in [-0.05, 0) is 35.7 Å². The number of anilines is 1. The van der Waals surface area contributed by atoms with E-state index < -0.39 is 16.0 Å². The number of hydrogen-bond acceptors (Lipinski definition) is 8. The number of para-hydroxylation sites is 1. The fourth-order valence-corrected chi connectivity index (χ4v) is 5.71. The van der Waals surface area contributed by atoms with Gasteiger partial charge in [0.15, 0.2) is 0 Å². The number of thiazole rings is 1. The largest absolute Gasteiger partial charge is 0.497 e. The van der Waals surface area contributed by atoms with Crippen molar-refractivity contribution in [3.8, 4) is 16.3 Å². The molecule has 0 unspecified atom stereocenters. The number of nitrogens with one attached hydrogen (secondary N) is 1. The molecule has 0 atom stereocenters. The Morgan fingerprint density at radius 3 is 2.69 bits per heavy atom. The Kier molecular flexibility index (Phi) is 6.54. The van der Waals surface area contributed by atoms with Crippen molar-refractivity contribution in [2.24, 2.45) is 0 Å². The Morgan fingerprint density at radius 1 is 1.06 bits per heavy atom. The number of carbonyl (C=O) groups is 1. The summed E-state index contributed by atoms with van der Waals surface area (Å²) in [6, 6.07) is 17.0. The van der Waals surface area contributed by atoms with Gasteiger partial charge in [0, 0.05) is 10.9 Å². The number of methoxy groups -OCH3 is 1. The van der Waals surface area contributed by atoms with Crippen LogP contribution < -0.4 is 9.46 Å². The van der Waals surface area contributed by atoms with Crippen molar-refractivity contribution < 1.29 is 22.7 Å². The van der Waals surface area contributed by atoms with Crippen molar-refractivity contribution in [2.75, 3.05) is 11.8 Å². The van der Waals surface area contributed by atoms with Crippen LogP contribution in [0.3, 0.4) is 0 Å². The lowest BCUT2D eigenvalue weighted by atomic mass is 10.2. The summed E-state index contributed by atoms with van der Waals surface area (Å²) in [7, 11) is -2.18. The van der Waals surface area contributed by atoms with Gasteiger partial charge in [-0.1, -0.05) is 30.3 Å². The van der Waals surface area contributed by atoms with Gasteiger partial charge in [-0.25, -0.2) is 18.2 Å².